The number of carbonyl (C=O) groups is 3. The summed E-state index contributed by atoms with van der Waals surface area (Å²) in [6, 6.07) is 7.38. The van der Waals surface area contributed by atoms with Crippen LogP contribution in [0.1, 0.15) is 46.4 Å². The number of carbonyl (C=O) groups excluding carboxylic acids is 3. The van der Waals surface area contributed by atoms with Gasteiger partial charge in [-0.3, -0.25) is 14.4 Å². The fraction of sp³-hybridized carbons (Fsp3) is 0.381. The molecule has 1 saturated heterocycles. The topological polar surface area (TPSA) is 91.7 Å². The Bertz CT molecular complexity index is 951. The highest BCUT2D eigenvalue weighted by Crippen LogP contribution is 2.25. The molecule has 9 heteroatoms. The van der Waals surface area contributed by atoms with Gasteiger partial charge >= 0.3 is 0 Å². The molecule has 2 aromatic rings. The molecule has 1 fully saturated rings. The Labute approximate surface area is 184 Å². The molecule has 1 aromatic heterocycles. The van der Waals surface area contributed by atoms with Crippen LogP contribution in [0, 0.1) is 6.92 Å². The largest absolute Gasteiger partial charge is 0.456 e. The maximum atomic E-state index is 12.7. The Morgan fingerprint density at radius 2 is 1.80 bits per heavy atom. The highest BCUT2D eigenvalue weighted by atomic mass is 35.5. The van der Waals surface area contributed by atoms with Crippen LogP contribution in [-0.2, 0) is 4.79 Å². The average molecular weight is 452 g/mol. The molecule has 0 aliphatic carbocycles. The SMILES string of the molecule is Cc1ccc(C(=O)NC2CCN(C(=O)C(C)NC(=O)c3cccc(Cl)c3Cl)CC2)o1. The number of piperidine rings is 1. The van der Waals surface area contributed by atoms with Gasteiger partial charge in [0.25, 0.3) is 11.8 Å². The van der Waals surface area contributed by atoms with Gasteiger partial charge in [-0.05, 0) is 51.0 Å². The van der Waals surface area contributed by atoms with E-state index in [0.717, 1.165) is 0 Å². The van der Waals surface area contributed by atoms with Crippen molar-refractivity contribution in [2.75, 3.05) is 13.1 Å². The molecule has 3 amide bonds. The van der Waals surface area contributed by atoms with Crippen molar-refractivity contribution in [3.63, 3.8) is 0 Å². The molecule has 1 aliphatic heterocycles. The molecular formula is C21H23Cl2N3O4. The number of rotatable bonds is 5. The van der Waals surface area contributed by atoms with Gasteiger partial charge in [0.05, 0.1) is 15.6 Å². The van der Waals surface area contributed by atoms with Gasteiger partial charge in [-0.1, -0.05) is 29.3 Å². The predicted molar refractivity (Wildman–Crippen MR) is 114 cm³/mol. The zero-order valence-electron chi connectivity index (χ0n) is 16.7. The quantitative estimate of drug-likeness (QED) is 0.727. The van der Waals surface area contributed by atoms with E-state index in [1.807, 2.05) is 0 Å². The van der Waals surface area contributed by atoms with Crippen LogP contribution in [0.5, 0.6) is 0 Å². The average Bonchev–Trinajstić information content (AvgIpc) is 3.16. The summed E-state index contributed by atoms with van der Waals surface area (Å²) in [5.41, 5.74) is 0.221. The fourth-order valence-electron chi connectivity index (χ4n) is 3.35. The minimum absolute atomic E-state index is 0.0397. The number of benzene rings is 1. The van der Waals surface area contributed by atoms with Crippen molar-refractivity contribution in [2.24, 2.45) is 0 Å². The number of furan rings is 1. The van der Waals surface area contributed by atoms with Gasteiger partial charge in [0, 0.05) is 19.1 Å². The first-order chi connectivity index (χ1) is 14.3. The van der Waals surface area contributed by atoms with Crippen molar-refractivity contribution >= 4 is 40.9 Å². The van der Waals surface area contributed by atoms with E-state index in [1.54, 1.807) is 49.1 Å². The van der Waals surface area contributed by atoms with Crippen molar-refractivity contribution in [3.05, 3.63) is 57.5 Å². The van der Waals surface area contributed by atoms with Gasteiger partial charge < -0.3 is 20.0 Å². The Morgan fingerprint density at radius 1 is 1.10 bits per heavy atom. The van der Waals surface area contributed by atoms with Crippen LogP contribution in [0.15, 0.2) is 34.7 Å². The lowest BCUT2D eigenvalue weighted by Crippen LogP contribution is -2.52. The summed E-state index contributed by atoms with van der Waals surface area (Å²) in [6.07, 6.45) is 1.25. The van der Waals surface area contributed by atoms with Crippen molar-refractivity contribution in [1.29, 1.82) is 0 Å². The molecule has 1 unspecified atom stereocenters. The smallest absolute Gasteiger partial charge is 0.287 e. The molecule has 0 spiro atoms. The Balaban J connectivity index is 1.50. The predicted octanol–water partition coefficient (Wildman–Crippen LogP) is 3.43. The Morgan fingerprint density at radius 3 is 2.43 bits per heavy atom. The molecule has 2 heterocycles. The van der Waals surface area contributed by atoms with E-state index >= 15 is 0 Å². The zero-order valence-corrected chi connectivity index (χ0v) is 18.2. The first-order valence-electron chi connectivity index (χ1n) is 9.67. The van der Waals surface area contributed by atoms with E-state index in [-0.39, 0.29) is 39.2 Å². The summed E-state index contributed by atoms with van der Waals surface area (Å²) in [6.45, 7) is 4.38. The number of nitrogens with zero attached hydrogens (tertiary/aromatic N) is 1. The van der Waals surface area contributed by atoms with Gasteiger partial charge in [0.15, 0.2) is 5.76 Å². The van der Waals surface area contributed by atoms with Crippen LogP contribution < -0.4 is 10.6 Å². The summed E-state index contributed by atoms with van der Waals surface area (Å²) in [5, 5.41) is 6.04. The third kappa shape index (κ3) is 5.15. The monoisotopic (exact) mass is 451 g/mol. The summed E-state index contributed by atoms with van der Waals surface area (Å²) < 4.78 is 5.33. The molecular weight excluding hydrogens is 429 g/mol. The number of aryl methyl sites for hydroxylation is 1. The van der Waals surface area contributed by atoms with Crippen LogP contribution in [0.3, 0.4) is 0 Å². The van der Waals surface area contributed by atoms with E-state index < -0.39 is 11.9 Å². The highest BCUT2D eigenvalue weighted by Gasteiger charge is 2.28. The molecule has 1 aliphatic rings. The van der Waals surface area contributed by atoms with Gasteiger partial charge in [-0.15, -0.1) is 0 Å². The standard InChI is InChI=1S/C21H23Cl2N3O4/c1-12-6-7-17(30-12)20(28)25-14-8-10-26(11-9-14)21(29)13(2)24-19(27)15-4-3-5-16(22)18(15)23/h3-7,13-14H,8-11H2,1-2H3,(H,24,27)(H,25,28). The number of hydrogen-bond acceptors (Lipinski definition) is 4. The third-order valence-electron chi connectivity index (χ3n) is 5.02. The Hall–Kier alpha value is -2.51. The summed E-state index contributed by atoms with van der Waals surface area (Å²) in [4.78, 5) is 39.1. The second-order valence-electron chi connectivity index (χ2n) is 7.28. The van der Waals surface area contributed by atoms with Gasteiger partial charge in [0.2, 0.25) is 5.91 Å². The molecule has 30 heavy (non-hydrogen) atoms. The first kappa shape index (κ1) is 22.2. The molecule has 0 bridgehead atoms. The van der Waals surface area contributed by atoms with Crippen LogP contribution in [-0.4, -0.2) is 47.8 Å². The summed E-state index contributed by atoms with van der Waals surface area (Å²) in [5.74, 6) is 0.0526. The maximum absolute atomic E-state index is 12.7. The lowest BCUT2D eigenvalue weighted by atomic mass is 10.0. The van der Waals surface area contributed by atoms with Crippen LogP contribution >= 0.6 is 23.2 Å². The minimum Gasteiger partial charge on any atom is -0.456 e. The van der Waals surface area contributed by atoms with E-state index in [2.05, 4.69) is 10.6 Å². The van der Waals surface area contributed by atoms with E-state index in [9.17, 15) is 14.4 Å². The number of hydrogen-bond donors (Lipinski definition) is 2. The fourth-order valence-corrected chi connectivity index (χ4v) is 3.73. The van der Waals surface area contributed by atoms with Crippen molar-refractivity contribution < 1.29 is 18.8 Å². The Kier molecular flexibility index (Phi) is 7.05. The van der Waals surface area contributed by atoms with Crippen molar-refractivity contribution in [3.8, 4) is 0 Å². The second-order valence-corrected chi connectivity index (χ2v) is 8.07. The number of amides is 3. The van der Waals surface area contributed by atoms with Crippen LogP contribution in [0.2, 0.25) is 10.0 Å². The second kappa shape index (κ2) is 9.53. The lowest BCUT2D eigenvalue weighted by Gasteiger charge is -2.34. The number of nitrogens with one attached hydrogen (secondary N) is 2. The molecule has 1 atom stereocenters. The van der Waals surface area contributed by atoms with E-state index in [4.69, 9.17) is 27.6 Å². The minimum atomic E-state index is -0.718. The van der Waals surface area contributed by atoms with Crippen molar-refractivity contribution in [2.45, 2.75) is 38.8 Å². The summed E-state index contributed by atoms with van der Waals surface area (Å²) in [7, 11) is 0. The first-order valence-corrected chi connectivity index (χ1v) is 10.4. The zero-order chi connectivity index (χ0) is 21.8. The molecule has 2 N–H and O–H groups in total. The van der Waals surface area contributed by atoms with Gasteiger partial charge in [-0.2, -0.15) is 0 Å². The molecule has 160 valence electrons. The van der Waals surface area contributed by atoms with E-state index in [0.29, 0.717) is 31.7 Å². The van der Waals surface area contributed by atoms with Crippen LogP contribution in [0.4, 0.5) is 0 Å². The number of likely N-dealkylation sites (tertiary alicyclic amines) is 1. The van der Waals surface area contributed by atoms with Gasteiger partial charge in [-0.25, -0.2) is 0 Å². The molecule has 1 aromatic carbocycles. The lowest BCUT2D eigenvalue weighted by molar-refractivity contribution is -0.133. The van der Waals surface area contributed by atoms with E-state index in [1.165, 1.54) is 0 Å². The normalized spacial score (nSPS) is 15.5. The highest BCUT2D eigenvalue weighted by molar-refractivity contribution is 6.43. The third-order valence-corrected chi connectivity index (χ3v) is 5.84. The van der Waals surface area contributed by atoms with Gasteiger partial charge in [0.1, 0.15) is 11.8 Å². The van der Waals surface area contributed by atoms with Crippen molar-refractivity contribution in [1.82, 2.24) is 15.5 Å². The number of halogens is 2. The molecule has 0 radical (unpaired) electrons. The maximum Gasteiger partial charge on any atom is 0.287 e. The molecule has 0 saturated carbocycles. The summed E-state index contributed by atoms with van der Waals surface area (Å²) >= 11 is 12.0. The molecule has 7 nitrogen and oxygen atoms in total. The van der Waals surface area contributed by atoms with Crippen LogP contribution in [0.25, 0.3) is 0 Å². The molecule has 3 rings (SSSR count).